The molecule has 48 heavy (non-hydrogen) atoms. The van der Waals surface area contributed by atoms with Crippen molar-refractivity contribution in [2.75, 3.05) is 55.5 Å². The lowest BCUT2D eigenvalue weighted by molar-refractivity contribution is -0.911. The minimum absolute atomic E-state index is 0.0465. The van der Waals surface area contributed by atoms with Crippen LogP contribution >= 0.6 is 31.9 Å². The molecule has 0 radical (unpaired) electrons. The van der Waals surface area contributed by atoms with Gasteiger partial charge in [0.1, 0.15) is 0 Å². The van der Waals surface area contributed by atoms with Crippen LogP contribution in [0.3, 0.4) is 0 Å². The van der Waals surface area contributed by atoms with Crippen molar-refractivity contribution in [2.24, 2.45) is 0 Å². The topological polar surface area (TPSA) is 18.5 Å². The molecule has 0 saturated heterocycles. The van der Waals surface area contributed by atoms with Crippen LogP contribution in [0.25, 0.3) is 0 Å². The van der Waals surface area contributed by atoms with Gasteiger partial charge in [0, 0.05) is 14.2 Å². The molecule has 0 spiro atoms. The van der Waals surface area contributed by atoms with Crippen LogP contribution in [0.5, 0.6) is 0 Å². The Kier molecular flexibility index (Phi) is 33.0. The molecule has 0 N–H and O–H groups in total. The fourth-order valence-corrected chi connectivity index (χ4v) is 8.72. The SMILES string of the molecule is CCCCCCCCCCCCCCCC[N+](C)(C)C(Br)[C@@H](OC)[C@H](OC)C(Br)[N+](C)(C)CCCCCCCCCCCCCCCC. The van der Waals surface area contributed by atoms with Gasteiger partial charge in [-0.05, 0) is 57.5 Å². The quantitative estimate of drug-likeness (QED) is 0.0269. The summed E-state index contributed by atoms with van der Waals surface area (Å²) in [4.78, 5) is 0.325. The molecule has 0 aliphatic carbocycles. The molecule has 0 aliphatic heterocycles. The zero-order valence-corrected chi connectivity index (χ0v) is 37.2. The Morgan fingerprint density at radius 2 is 0.542 bits per heavy atom. The van der Waals surface area contributed by atoms with Gasteiger partial charge in [-0.3, -0.25) is 0 Å². The number of alkyl halides is 2. The minimum Gasteiger partial charge on any atom is -0.371 e. The van der Waals surface area contributed by atoms with Crippen molar-refractivity contribution in [3.63, 3.8) is 0 Å². The molecule has 0 aromatic rings. The summed E-state index contributed by atoms with van der Waals surface area (Å²) >= 11 is 8.21. The maximum atomic E-state index is 6.19. The van der Waals surface area contributed by atoms with E-state index < -0.39 is 0 Å². The molecule has 0 bridgehead atoms. The third-order valence-electron chi connectivity index (χ3n) is 10.9. The fourth-order valence-electron chi connectivity index (χ4n) is 7.28. The van der Waals surface area contributed by atoms with Gasteiger partial charge in [0.15, 0.2) is 22.1 Å². The zero-order chi connectivity index (χ0) is 35.9. The lowest BCUT2D eigenvalue weighted by atomic mass is 10.0. The smallest absolute Gasteiger partial charge is 0.173 e. The second-order valence-electron chi connectivity index (χ2n) is 16.3. The van der Waals surface area contributed by atoms with Crippen molar-refractivity contribution in [3.05, 3.63) is 0 Å². The number of unbranched alkanes of at least 4 members (excludes halogenated alkanes) is 26. The molecule has 0 aromatic carbocycles. The number of nitrogens with zero attached hydrogens (tertiary/aromatic N) is 2. The zero-order valence-electron chi connectivity index (χ0n) is 34.0. The van der Waals surface area contributed by atoms with Crippen LogP contribution < -0.4 is 0 Å². The predicted octanol–water partition coefficient (Wildman–Crippen LogP) is 13.6. The largest absolute Gasteiger partial charge is 0.371 e. The summed E-state index contributed by atoms with van der Waals surface area (Å²) in [6, 6.07) is 0. The number of halogens is 2. The number of hydrogen-bond donors (Lipinski definition) is 0. The molecule has 0 aliphatic rings. The van der Waals surface area contributed by atoms with Crippen LogP contribution in [0.1, 0.15) is 194 Å². The molecule has 0 saturated carbocycles. The normalized spacial score (nSPS) is 15.1. The van der Waals surface area contributed by atoms with Gasteiger partial charge in [0.05, 0.1) is 41.3 Å². The van der Waals surface area contributed by atoms with Gasteiger partial charge < -0.3 is 18.4 Å². The van der Waals surface area contributed by atoms with E-state index in [-0.39, 0.29) is 22.1 Å². The molecule has 4 nitrogen and oxygen atoms in total. The Balaban J connectivity index is 4.31. The van der Waals surface area contributed by atoms with Gasteiger partial charge in [-0.2, -0.15) is 0 Å². The number of hydrogen-bond acceptors (Lipinski definition) is 2. The van der Waals surface area contributed by atoms with Crippen molar-refractivity contribution in [3.8, 4) is 0 Å². The third-order valence-corrected chi connectivity index (χ3v) is 14.2. The van der Waals surface area contributed by atoms with Crippen LogP contribution in [0.2, 0.25) is 0 Å². The standard InChI is InChI=1S/C42H88Br2N2O2/c1-9-11-13-15-17-19-21-23-25-27-29-31-33-35-37-45(3,4)41(43)39(47-7)40(48-8)42(44)46(5,6)38-36-34-32-30-28-26-24-22-20-18-16-14-12-10-2/h39-42H,9-38H2,1-8H3/q+2/t39-,40-,41?,42?/m0/s1. The Labute approximate surface area is 320 Å². The maximum Gasteiger partial charge on any atom is 0.173 e. The molecule has 0 rings (SSSR count). The lowest BCUT2D eigenvalue weighted by Gasteiger charge is -2.44. The van der Waals surface area contributed by atoms with E-state index in [2.05, 4.69) is 73.9 Å². The average molecular weight is 813 g/mol. The highest BCUT2D eigenvalue weighted by molar-refractivity contribution is 9.09. The van der Waals surface area contributed by atoms with E-state index in [0.29, 0.717) is 0 Å². The van der Waals surface area contributed by atoms with E-state index in [4.69, 9.17) is 9.47 Å². The van der Waals surface area contributed by atoms with Gasteiger partial charge in [0.25, 0.3) is 0 Å². The van der Waals surface area contributed by atoms with Crippen molar-refractivity contribution in [2.45, 2.75) is 216 Å². The summed E-state index contributed by atoms with van der Waals surface area (Å²) in [5.74, 6) is 0. The number of quaternary nitrogens is 2. The summed E-state index contributed by atoms with van der Waals surface area (Å²) in [6.45, 7) is 6.89. The van der Waals surface area contributed by atoms with Crippen molar-refractivity contribution >= 4 is 31.9 Å². The molecule has 0 heterocycles. The van der Waals surface area contributed by atoms with Gasteiger partial charge in [0.2, 0.25) is 0 Å². The number of rotatable bonds is 37. The van der Waals surface area contributed by atoms with Crippen molar-refractivity contribution in [1.29, 1.82) is 0 Å². The Morgan fingerprint density at radius 1 is 0.354 bits per heavy atom. The van der Waals surface area contributed by atoms with Gasteiger partial charge in [-0.15, -0.1) is 0 Å². The Hall–Kier alpha value is 0.800. The summed E-state index contributed by atoms with van der Waals surface area (Å²) in [7, 11) is 13.1. The highest BCUT2D eigenvalue weighted by atomic mass is 79.9. The van der Waals surface area contributed by atoms with E-state index in [9.17, 15) is 0 Å². The van der Waals surface area contributed by atoms with Crippen LogP contribution in [0.15, 0.2) is 0 Å². The monoisotopic (exact) mass is 811 g/mol. The molecular formula is C42H88Br2N2O2+2. The van der Waals surface area contributed by atoms with Gasteiger partial charge >= 0.3 is 0 Å². The number of likely N-dealkylation sites (N-methyl/N-ethyl adjacent to an activating group) is 2. The van der Waals surface area contributed by atoms with Gasteiger partial charge in [-0.1, -0.05) is 168 Å². The summed E-state index contributed by atoms with van der Waals surface area (Å²) in [6.07, 6.45) is 39.2. The van der Waals surface area contributed by atoms with Crippen LogP contribution in [0, 0.1) is 0 Å². The molecule has 6 heteroatoms. The van der Waals surface area contributed by atoms with Crippen LogP contribution in [-0.4, -0.2) is 86.6 Å². The van der Waals surface area contributed by atoms with Crippen LogP contribution in [0.4, 0.5) is 0 Å². The summed E-state index contributed by atoms with van der Waals surface area (Å²) in [5, 5.41) is 0. The number of methoxy groups -OCH3 is 2. The summed E-state index contributed by atoms with van der Waals surface area (Å²) < 4.78 is 14.2. The van der Waals surface area contributed by atoms with Crippen LogP contribution in [-0.2, 0) is 9.47 Å². The van der Waals surface area contributed by atoms with E-state index in [1.54, 1.807) is 0 Å². The maximum absolute atomic E-state index is 6.19. The molecule has 4 atom stereocenters. The molecule has 290 valence electrons. The third kappa shape index (κ3) is 24.9. The molecule has 0 amide bonds. The van der Waals surface area contributed by atoms with Crippen molar-refractivity contribution in [1.82, 2.24) is 0 Å². The minimum atomic E-state index is -0.0465. The Morgan fingerprint density at radius 3 is 0.729 bits per heavy atom. The first-order chi connectivity index (χ1) is 23.1. The Bertz CT molecular complexity index is 622. The predicted molar refractivity (Wildman–Crippen MR) is 222 cm³/mol. The first kappa shape index (κ1) is 48.8. The van der Waals surface area contributed by atoms with E-state index >= 15 is 0 Å². The van der Waals surface area contributed by atoms with Crippen molar-refractivity contribution < 1.29 is 18.4 Å². The fraction of sp³-hybridized carbons (Fsp3) is 1.00. The average Bonchev–Trinajstić information content (AvgIpc) is 3.06. The first-order valence-electron chi connectivity index (χ1n) is 21.1. The second-order valence-corrected chi connectivity index (χ2v) is 18.2. The van der Waals surface area contributed by atoms with Gasteiger partial charge in [-0.25, -0.2) is 0 Å². The first-order valence-corrected chi connectivity index (χ1v) is 22.9. The van der Waals surface area contributed by atoms with E-state index in [1.807, 2.05) is 14.2 Å². The molecule has 2 unspecified atom stereocenters. The van der Waals surface area contributed by atoms with E-state index in [0.717, 1.165) is 22.1 Å². The molecule has 0 fully saturated rings. The second kappa shape index (κ2) is 32.5. The molecular weight excluding hydrogens is 724 g/mol. The van der Waals surface area contributed by atoms with E-state index in [1.165, 1.54) is 180 Å². The molecule has 0 aromatic heterocycles. The number of ether oxygens (including phenoxy) is 2. The lowest BCUT2D eigenvalue weighted by Crippen LogP contribution is -2.61. The summed E-state index contributed by atoms with van der Waals surface area (Å²) in [5.41, 5.74) is 0. The highest BCUT2D eigenvalue weighted by Crippen LogP contribution is 2.31. The highest BCUT2D eigenvalue weighted by Gasteiger charge is 2.46.